The van der Waals surface area contributed by atoms with E-state index in [9.17, 15) is 0 Å². The Balaban J connectivity index is 1.98. The zero-order chi connectivity index (χ0) is 13.7. The van der Waals surface area contributed by atoms with Crippen LogP contribution in [0.15, 0.2) is 36.7 Å². The molecule has 2 heterocycles. The van der Waals surface area contributed by atoms with Crippen molar-refractivity contribution >= 4 is 0 Å². The van der Waals surface area contributed by atoms with Crippen LogP contribution in [0.5, 0.6) is 0 Å². The van der Waals surface area contributed by atoms with Gasteiger partial charge >= 0.3 is 0 Å². The first-order valence-corrected chi connectivity index (χ1v) is 6.80. The largest absolute Gasteiger partial charge is 0.316 e. The molecule has 2 aromatic rings. The Morgan fingerprint density at radius 2 is 1.95 bits per heavy atom. The molecule has 0 amide bonds. The van der Waals surface area contributed by atoms with Crippen molar-refractivity contribution in [1.29, 1.82) is 0 Å². The van der Waals surface area contributed by atoms with Gasteiger partial charge in [-0.25, -0.2) is 0 Å². The number of nitrogens with one attached hydrogen (secondary N) is 1. The molecule has 1 unspecified atom stereocenters. The zero-order valence-corrected chi connectivity index (χ0v) is 11.9. The zero-order valence-electron chi connectivity index (χ0n) is 11.9. The highest BCUT2D eigenvalue weighted by atomic mass is 15.3. The normalized spacial score (nSPS) is 12.8. The molecule has 0 fully saturated rings. The van der Waals surface area contributed by atoms with Gasteiger partial charge in [0, 0.05) is 43.0 Å². The van der Waals surface area contributed by atoms with Crippen molar-refractivity contribution < 1.29 is 0 Å². The number of pyridine rings is 1. The summed E-state index contributed by atoms with van der Waals surface area (Å²) in [4.78, 5) is 4.38. The van der Waals surface area contributed by atoms with Crippen LogP contribution in [-0.4, -0.2) is 27.9 Å². The molecule has 0 saturated carbocycles. The minimum Gasteiger partial charge on any atom is -0.316 e. The molecule has 0 saturated heterocycles. The second-order valence-corrected chi connectivity index (χ2v) is 5.10. The molecule has 4 heteroatoms. The number of nitrogens with zero attached hydrogens (tertiary/aromatic N) is 3. The van der Waals surface area contributed by atoms with Gasteiger partial charge in [-0.2, -0.15) is 5.10 Å². The molecular formula is C15H22N4. The molecule has 2 rings (SSSR count). The van der Waals surface area contributed by atoms with E-state index in [1.54, 1.807) is 0 Å². The summed E-state index contributed by atoms with van der Waals surface area (Å²) in [6, 6.07) is 8.92. The molecule has 0 aliphatic carbocycles. The molecule has 1 N–H and O–H groups in total. The van der Waals surface area contributed by atoms with Gasteiger partial charge in [0.1, 0.15) is 0 Å². The Morgan fingerprint density at radius 3 is 2.53 bits per heavy atom. The van der Waals surface area contributed by atoms with Crippen molar-refractivity contribution in [3.8, 4) is 0 Å². The molecule has 0 aliphatic rings. The fraction of sp³-hybridized carbons (Fsp3) is 0.467. The fourth-order valence-corrected chi connectivity index (χ4v) is 2.07. The van der Waals surface area contributed by atoms with Crippen molar-refractivity contribution in [3.05, 3.63) is 48.0 Å². The summed E-state index contributed by atoms with van der Waals surface area (Å²) in [5, 5.41) is 7.94. The van der Waals surface area contributed by atoms with Crippen molar-refractivity contribution in [2.75, 3.05) is 7.05 Å². The Bertz CT molecular complexity index is 490. The predicted octanol–water partition coefficient (Wildman–Crippen LogP) is 2.23. The maximum absolute atomic E-state index is 4.60. The number of rotatable bonds is 6. The monoisotopic (exact) mass is 258 g/mol. The summed E-state index contributed by atoms with van der Waals surface area (Å²) >= 11 is 0. The van der Waals surface area contributed by atoms with Crippen LogP contribution in [0.25, 0.3) is 0 Å². The highest BCUT2D eigenvalue weighted by Crippen LogP contribution is 2.08. The molecule has 0 aliphatic heterocycles. The maximum Gasteiger partial charge on any atom is 0.0640 e. The molecule has 0 bridgehead atoms. The highest BCUT2D eigenvalue weighted by Gasteiger charge is 2.11. The van der Waals surface area contributed by atoms with Crippen molar-refractivity contribution in [1.82, 2.24) is 20.1 Å². The molecule has 2 aromatic heterocycles. The van der Waals surface area contributed by atoms with E-state index >= 15 is 0 Å². The Kier molecular flexibility index (Phi) is 4.68. The van der Waals surface area contributed by atoms with Crippen LogP contribution in [0.1, 0.15) is 31.3 Å². The van der Waals surface area contributed by atoms with E-state index in [2.05, 4.69) is 41.4 Å². The van der Waals surface area contributed by atoms with Gasteiger partial charge in [0.05, 0.1) is 5.69 Å². The molecule has 0 radical (unpaired) electrons. The van der Waals surface area contributed by atoms with Gasteiger partial charge in [-0.1, -0.05) is 6.07 Å². The van der Waals surface area contributed by atoms with Crippen LogP contribution >= 0.6 is 0 Å². The average Bonchev–Trinajstić information content (AvgIpc) is 2.88. The van der Waals surface area contributed by atoms with Crippen molar-refractivity contribution in [2.45, 2.75) is 38.8 Å². The lowest BCUT2D eigenvalue weighted by molar-refractivity contribution is 0.506. The number of likely N-dealkylation sites (N-methyl/N-ethyl adjacent to an activating group) is 1. The topological polar surface area (TPSA) is 42.7 Å². The minimum absolute atomic E-state index is 0.366. The lowest BCUT2D eigenvalue weighted by atomic mass is 10.1. The average molecular weight is 258 g/mol. The van der Waals surface area contributed by atoms with Crippen LogP contribution in [-0.2, 0) is 12.8 Å². The third kappa shape index (κ3) is 3.89. The van der Waals surface area contributed by atoms with Gasteiger partial charge in [-0.3, -0.25) is 9.67 Å². The Labute approximate surface area is 114 Å². The minimum atomic E-state index is 0.366. The van der Waals surface area contributed by atoms with Crippen LogP contribution < -0.4 is 5.32 Å². The molecule has 1 atom stereocenters. The lowest BCUT2D eigenvalue weighted by Crippen LogP contribution is -2.30. The highest BCUT2D eigenvalue weighted by molar-refractivity contribution is 5.08. The fourth-order valence-electron chi connectivity index (χ4n) is 2.07. The Hall–Kier alpha value is -1.68. The van der Waals surface area contributed by atoms with Crippen LogP contribution in [0.3, 0.4) is 0 Å². The Morgan fingerprint density at radius 1 is 1.16 bits per heavy atom. The summed E-state index contributed by atoms with van der Waals surface area (Å²) in [5.74, 6) is 0. The number of hydrogen-bond donors (Lipinski definition) is 1. The van der Waals surface area contributed by atoms with Gasteiger partial charge in [-0.05, 0) is 39.1 Å². The van der Waals surface area contributed by atoms with E-state index in [1.807, 2.05) is 36.3 Å². The lowest BCUT2D eigenvalue weighted by Gasteiger charge is -2.14. The van der Waals surface area contributed by atoms with Crippen molar-refractivity contribution in [2.24, 2.45) is 0 Å². The van der Waals surface area contributed by atoms with E-state index < -0.39 is 0 Å². The van der Waals surface area contributed by atoms with E-state index in [0.29, 0.717) is 12.1 Å². The van der Waals surface area contributed by atoms with E-state index in [-0.39, 0.29) is 0 Å². The second-order valence-electron chi connectivity index (χ2n) is 5.10. The number of aromatic nitrogens is 3. The molecule has 4 nitrogen and oxygen atoms in total. The van der Waals surface area contributed by atoms with Crippen molar-refractivity contribution in [3.63, 3.8) is 0 Å². The quantitative estimate of drug-likeness (QED) is 0.864. The summed E-state index contributed by atoms with van der Waals surface area (Å²) < 4.78 is 2.00. The number of hydrogen-bond acceptors (Lipinski definition) is 3. The second kappa shape index (κ2) is 6.48. The standard InChI is InChI=1S/C15H22N4/c1-12(2)19-9-7-14(18-19)11-15(16-3)10-13-6-4-5-8-17-13/h4-9,12,15-16H,10-11H2,1-3H3. The van der Waals surface area contributed by atoms with Crippen LogP contribution in [0, 0.1) is 0 Å². The van der Waals surface area contributed by atoms with Gasteiger partial charge in [-0.15, -0.1) is 0 Å². The van der Waals surface area contributed by atoms with Crippen LogP contribution in [0.4, 0.5) is 0 Å². The van der Waals surface area contributed by atoms with E-state index in [1.165, 1.54) is 0 Å². The molecule has 0 spiro atoms. The van der Waals surface area contributed by atoms with Crippen LogP contribution in [0.2, 0.25) is 0 Å². The smallest absolute Gasteiger partial charge is 0.0640 e. The third-order valence-electron chi connectivity index (χ3n) is 3.24. The first-order valence-electron chi connectivity index (χ1n) is 6.80. The maximum atomic E-state index is 4.60. The van der Waals surface area contributed by atoms with Gasteiger partial charge in [0.2, 0.25) is 0 Å². The molecule has 0 aromatic carbocycles. The molecule has 102 valence electrons. The first-order chi connectivity index (χ1) is 9.19. The van der Waals surface area contributed by atoms with Gasteiger partial charge in [0.25, 0.3) is 0 Å². The SMILES string of the molecule is CNC(Cc1ccccn1)Cc1ccn(C(C)C)n1. The summed E-state index contributed by atoms with van der Waals surface area (Å²) in [7, 11) is 1.99. The molecular weight excluding hydrogens is 236 g/mol. The molecule has 19 heavy (non-hydrogen) atoms. The summed E-state index contributed by atoms with van der Waals surface area (Å²) in [6.45, 7) is 4.28. The predicted molar refractivity (Wildman–Crippen MR) is 77.1 cm³/mol. The van der Waals surface area contributed by atoms with Gasteiger partial charge < -0.3 is 5.32 Å². The first kappa shape index (κ1) is 13.7. The summed E-state index contributed by atoms with van der Waals surface area (Å²) in [5.41, 5.74) is 2.24. The van der Waals surface area contributed by atoms with E-state index in [0.717, 1.165) is 24.2 Å². The van der Waals surface area contributed by atoms with Gasteiger partial charge in [0.15, 0.2) is 0 Å². The summed E-state index contributed by atoms with van der Waals surface area (Å²) in [6.07, 6.45) is 5.74. The third-order valence-corrected chi connectivity index (χ3v) is 3.24. The van der Waals surface area contributed by atoms with E-state index in [4.69, 9.17) is 0 Å².